The molecule has 1 aromatic rings. The van der Waals surface area contributed by atoms with Crippen LogP contribution in [-0.2, 0) is 19.5 Å². The number of aromatic nitrogens is 3. The lowest BCUT2D eigenvalue weighted by molar-refractivity contribution is 0.477. The van der Waals surface area contributed by atoms with E-state index in [0.29, 0.717) is 18.5 Å². The first-order chi connectivity index (χ1) is 9.61. The van der Waals surface area contributed by atoms with Crippen molar-refractivity contribution in [2.45, 2.75) is 59.2 Å². The van der Waals surface area contributed by atoms with Gasteiger partial charge in [0.15, 0.2) is 11.8 Å². The Bertz CT molecular complexity index is 462. The van der Waals surface area contributed by atoms with Crippen LogP contribution >= 0.6 is 0 Å². The van der Waals surface area contributed by atoms with E-state index in [1.54, 1.807) is 7.05 Å². The second kappa shape index (κ2) is 6.72. The zero-order chi connectivity index (χ0) is 14.5. The Kier molecular flexibility index (Phi) is 4.98. The zero-order valence-electron chi connectivity index (χ0n) is 13.0. The molecule has 112 valence electrons. The van der Waals surface area contributed by atoms with Crippen LogP contribution in [0.2, 0.25) is 0 Å². The number of aryl methyl sites for hydroxylation is 1. The van der Waals surface area contributed by atoms with E-state index < -0.39 is 0 Å². The van der Waals surface area contributed by atoms with Crippen LogP contribution in [0.15, 0.2) is 4.99 Å². The number of hydrogen-bond donors (Lipinski definition) is 2. The molecule has 2 rings (SSSR count). The molecule has 0 fully saturated rings. The molecule has 0 saturated heterocycles. The van der Waals surface area contributed by atoms with Gasteiger partial charge in [-0.25, -0.2) is 0 Å². The van der Waals surface area contributed by atoms with Crippen LogP contribution in [0.1, 0.15) is 45.3 Å². The van der Waals surface area contributed by atoms with Crippen LogP contribution in [0, 0.1) is 5.92 Å². The first kappa shape index (κ1) is 14.8. The Morgan fingerprint density at radius 2 is 2.10 bits per heavy atom. The summed E-state index contributed by atoms with van der Waals surface area (Å²) in [5.41, 5.74) is 0. The monoisotopic (exact) mass is 278 g/mol. The number of guanidine groups is 1. The fourth-order valence-electron chi connectivity index (χ4n) is 2.24. The van der Waals surface area contributed by atoms with Crippen LogP contribution in [0.3, 0.4) is 0 Å². The van der Waals surface area contributed by atoms with E-state index in [0.717, 1.165) is 30.6 Å². The Morgan fingerprint density at radius 3 is 2.80 bits per heavy atom. The third-order valence-corrected chi connectivity index (χ3v) is 3.94. The summed E-state index contributed by atoms with van der Waals surface area (Å²) in [7, 11) is 1.79. The second-order valence-corrected chi connectivity index (χ2v) is 5.74. The Labute approximate surface area is 121 Å². The van der Waals surface area contributed by atoms with Gasteiger partial charge >= 0.3 is 0 Å². The summed E-state index contributed by atoms with van der Waals surface area (Å²) in [4.78, 5) is 4.26. The maximum atomic E-state index is 4.29. The molecule has 6 heteroatoms. The van der Waals surface area contributed by atoms with Gasteiger partial charge in [-0.05, 0) is 25.7 Å². The van der Waals surface area contributed by atoms with Crippen molar-refractivity contribution >= 4 is 5.96 Å². The molecule has 1 atom stereocenters. The molecule has 0 aliphatic carbocycles. The number of nitrogens with zero attached hydrogens (tertiary/aromatic N) is 4. The number of rotatable bonds is 4. The molecule has 2 N–H and O–H groups in total. The van der Waals surface area contributed by atoms with Gasteiger partial charge in [-0.3, -0.25) is 4.99 Å². The maximum Gasteiger partial charge on any atom is 0.191 e. The summed E-state index contributed by atoms with van der Waals surface area (Å²) in [6.07, 6.45) is 3.49. The molecular weight excluding hydrogens is 252 g/mol. The third kappa shape index (κ3) is 3.49. The van der Waals surface area contributed by atoms with E-state index in [4.69, 9.17) is 0 Å². The van der Waals surface area contributed by atoms with E-state index in [9.17, 15) is 0 Å². The molecule has 0 saturated carbocycles. The van der Waals surface area contributed by atoms with Crippen LogP contribution in [0.4, 0.5) is 0 Å². The lowest BCUT2D eigenvalue weighted by Gasteiger charge is -2.21. The Hall–Kier alpha value is -1.59. The Balaban J connectivity index is 1.92. The largest absolute Gasteiger partial charge is 0.354 e. The van der Waals surface area contributed by atoms with E-state index in [-0.39, 0.29) is 0 Å². The minimum atomic E-state index is 0.383. The molecule has 0 amide bonds. The topological polar surface area (TPSA) is 67.1 Å². The molecule has 0 spiro atoms. The lowest BCUT2D eigenvalue weighted by Crippen LogP contribution is -2.44. The summed E-state index contributed by atoms with van der Waals surface area (Å²) < 4.78 is 2.23. The third-order valence-electron chi connectivity index (χ3n) is 3.94. The molecule has 1 unspecified atom stereocenters. The standard InChI is InChI=1S/C14H26N6/c1-10(2)11(3)17-14(15-4)16-9-13-19-18-12-7-5-6-8-20(12)13/h10-11H,5-9H2,1-4H3,(H2,15,16,17). The summed E-state index contributed by atoms with van der Waals surface area (Å²) in [6.45, 7) is 8.25. The highest BCUT2D eigenvalue weighted by Crippen LogP contribution is 2.13. The summed E-state index contributed by atoms with van der Waals surface area (Å²) >= 11 is 0. The zero-order valence-corrected chi connectivity index (χ0v) is 13.0. The normalized spacial score (nSPS) is 16.9. The average Bonchev–Trinajstić information content (AvgIpc) is 2.86. The van der Waals surface area contributed by atoms with Crippen molar-refractivity contribution in [2.75, 3.05) is 7.05 Å². The molecule has 0 bridgehead atoms. The minimum absolute atomic E-state index is 0.383. The fourth-order valence-corrected chi connectivity index (χ4v) is 2.24. The molecule has 20 heavy (non-hydrogen) atoms. The predicted octanol–water partition coefficient (Wildman–Crippen LogP) is 1.32. The van der Waals surface area contributed by atoms with E-state index in [1.165, 1.54) is 12.8 Å². The van der Waals surface area contributed by atoms with Crippen molar-refractivity contribution in [3.63, 3.8) is 0 Å². The summed E-state index contributed by atoms with van der Waals surface area (Å²) in [5.74, 6) is 3.50. The van der Waals surface area contributed by atoms with Crippen molar-refractivity contribution in [2.24, 2.45) is 10.9 Å². The van der Waals surface area contributed by atoms with E-state index in [1.807, 2.05) is 0 Å². The van der Waals surface area contributed by atoms with Crippen LogP contribution < -0.4 is 10.6 Å². The predicted molar refractivity (Wildman–Crippen MR) is 80.6 cm³/mol. The number of nitrogens with one attached hydrogen (secondary N) is 2. The first-order valence-electron chi connectivity index (χ1n) is 7.50. The molecular formula is C14H26N6. The van der Waals surface area contributed by atoms with Gasteiger partial charge < -0.3 is 15.2 Å². The van der Waals surface area contributed by atoms with Crippen molar-refractivity contribution in [3.05, 3.63) is 11.6 Å². The fraction of sp³-hybridized carbons (Fsp3) is 0.786. The molecule has 0 aromatic carbocycles. The molecule has 1 aromatic heterocycles. The van der Waals surface area contributed by atoms with Crippen molar-refractivity contribution in [3.8, 4) is 0 Å². The highest BCUT2D eigenvalue weighted by atomic mass is 15.3. The summed E-state index contributed by atoms with van der Waals surface area (Å²) in [5, 5.41) is 15.3. The molecule has 0 radical (unpaired) electrons. The molecule has 6 nitrogen and oxygen atoms in total. The maximum absolute atomic E-state index is 4.29. The highest BCUT2D eigenvalue weighted by Gasteiger charge is 2.16. The smallest absolute Gasteiger partial charge is 0.191 e. The number of fused-ring (bicyclic) bond motifs is 1. The second-order valence-electron chi connectivity index (χ2n) is 5.74. The van der Waals surface area contributed by atoms with Gasteiger partial charge in [-0.15, -0.1) is 10.2 Å². The van der Waals surface area contributed by atoms with Crippen molar-refractivity contribution in [1.29, 1.82) is 0 Å². The van der Waals surface area contributed by atoms with Gasteiger partial charge in [0.2, 0.25) is 0 Å². The minimum Gasteiger partial charge on any atom is -0.354 e. The van der Waals surface area contributed by atoms with Gasteiger partial charge in [0.1, 0.15) is 5.82 Å². The van der Waals surface area contributed by atoms with Crippen molar-refractivity contribution < 1.29 is 0 Å². The van der Waals surface area contributed by atoms with E-state index in [2.05, 4.69) is 51.2 Å². The molecule has 1 aliphatic rings. The SMILES string of the molecule is CN=C(NCc1nnc2n1CCCC2)NC(C)C(C)C. The van der Waals surface area contributed by atoms with Gasteiger partial charge in [-0.2, -0.15) is 0 Å². The van der Waals surface area contributed by atoms with Crippen LogP contribution in [0.25, 0.3) is 0 Å². The number of hydrogen-bond acceptors (Lipinski definition) is 3. The lowest BCUT2D eigenvalue weighted by atomic mass is 10.1. The number of aliphatic imine (C=N–C) groups is 1. The molecule has 2 heterocycles. The van der Waals surface area contributed by atoms with Gasteiger partial charge in [-0.1, -0.05) is 13.8 Å². The van der Waals surface area contributed by atoms with Crippen LogP contribution in [0.5, 0.6) is 0 Å². The first-order valence-corrected chi connectivity index (χ1v) is 7.50. The van der Waals surface area contributed by atoms with Gasteiger partial charge in [0.25, 0.3) is 0 Å². The van der Waals surface area contributed by atoms with Crippen LogP contribution in [-0.4, -0.2) is 33.8 Å². The quantitative estimate of drug-likeness (QED) is 0.644. The van der Waals surface area contributed by atoms with E-state index >= 15 is 0 Å². The van der Waals surface area contributed by atoms with Crippen molar-refractivity contribution in [1.82, 2.24) is 25.4 Å². The highest BCUT2D eigenvalue weighted by molar-refractivity contribution is 5.79. The molecule has 1 aliphatic heterocycles. The van der Waals surface area contributed by atoms with Gasteiger partial charge in [0, 0.05) is 26.1 Å². The summed E-state index contributed by atoms with van der Waals surface area (Å²) in [6, 6.07) is 0.383. The average molecular weight is 278 g/mol. The van der Waals surface area contributed by atoms with Gasteiger partial charge in [0.05, 0.1) is 6.54 Å². The Morgan fingerprint density at radius 1 is 1.30 bits per heavy atom.